The summed E-state index contributed by atoms with van der Waals surface area (Å²) in [4.78, 5) is 24.3. The molecule has 1 aliphatic heterocycles. The molecule has 1 aromatic rings. The summed E-state index contributed by atoms with van der Waals surface area (Å²) in [7, 11) is 0. The van der Waals surface area contributed by atoms with Crippen LogP contribution in [-0.4, -0.2) is 39.3 Å². The summed E-state index contributed by atoms with van der Waals surface area (Å²) in [5.74, 6) is -1.77. The molecule has 3 N–H and O–H groups in total. The second-order valence-electron chi connectivity index (χ2n) is 5.73. The fourth-order valence-electron chi connectivity index (χ4n) is 2.43. The van der Waals surface area contributed by atoms with Crippen molar-refractivity contribution in [3.8, 4) is 11.5 Å². The van der Waals surface area contributed by atoms with Gasteiger partial charge in [-0.2, -0.15) is 0 Å². The first-order valence-corrected chi connectivity index (χ1v) is 7.66. The van der Waals surface area contributed by atoms with Crippen LogP contribution in [0.15, 0.2) is 36.4 Å². The lowest BCUT2D eigenvalue weighted by molar-refractivity contribution is -0.114. The molecule has 1 heterocycles. The van der Waals surface area contributed by atoms with E-state index in [-0.39, 0.29) is 35.5 Å². The fourth-order valence-corrected chi connectivity index (χ4v) is 2.43. The Kier molecular flexibility index (Phi) is 5.76. The summed E-state index contributed by atoms with van der Waals surface area (Å²) in [6, 6.07) is 2.29. The molecule has 0 bridgehead atoms. The van der Waals surface area contributed by atoms with Gasteiger partial charge in [-0.05, 0) is 31.1 Å². The minimum absolute atomic E-state index is 0.123. The van der Waals surface area contributed by atoms with E-state index in [2.05, 4.69) is 0 Å². The second-order valence-corrected chi connectivity index (χ2v) is 5.73. The van der Waals surface area contributed by atoms with Crippen LogP contribution in [0.4, 0.5) is 0 Å². The normalized spacial score (nSPS) is 22.6. The SMILES string of the molecule is CC1CC=CC(O)CC=CC(=O)Cc2cc(O)cc(O)c2C(=O)O1. The van der Waals surface area contributed by atoms with E-state index in [1.807, 2.05) is 0 Å². The minimum atomic E-state index is -0.766. The third-order valence-corrected chi connectivity index (χ3v) is 3.57. The Morgan fingerprint density at radius 1 is 1.12 bits per heavy atom. The molecule has 0 saturated carbocycles. The predicted octanol–water partition coefficient (Wildman–Crippen LogP) is 2.02. The number of phenols is 2. The molecule has 24 heavy (non-hydrogen) atoms. The minimum Gasteiger partial charge on any atom is -0.508 e. The van der Waals surface area contributed by atoms with Crippen molar-refractivity contribution in [3.05, 3.63) is 47.6 Å². The quantitative estimate of drug-likeness (QED) is 0.496. The van der Waals surface area contributed by atoms with Crippen LogP contribution in [0.1, 0.15) is 35.7 Å². The maximum absolute atomic E-state index is 12.3. The van der Waals surface area contributed by atoms with Crippen molar-refractivity contribution in [1.82, 2.24) is 0 Å². The van der Waals surface area contributed by atoms with Crippen molar-refractivity contribution < 1.29 is 29.6 Å². The molecular formula is C18H20O6. The number of carbonyl (C=O) groups is 2. The van der Waals surface area contributed by atoms with E-state index in [0.717, 1.165) is 6.07 Å². The van der Waals surface area contributed by atoms with Crippen LogP contribution in [0, 0.1) is 0 Å². The van der Waals surface area contributed by atoms with Crippen LogP contribution in [0.5, 0.6) is 11.5 Å². The number of cyclic esters (lactones) is 1. The molecule has 0 aromatic heterocycles. The van der Waals surface area contributed by atoms with E-state index in [4.69, 9.17) is 4.74 Å². The van der Waals surface area contributed by atoms with Gasteiger partial charge in [-0.15, -0.1) is 0 Å². The number of ether oxygens (including phenoxy) is 1. The van der Waals surface area contributed by atoms with Crippen LogP contribution >= 0.6 is 0 Å². The van der Waals surface area contributed by atoms with Crippen LogP contribution in [-0.2, 0) is 16.0 Å². The number of aliphatic hydroxyl groups is 1. The number of ketones is 1. The van der Waals surface area contributed by atoms with Gasteiger partial charge < -0.3 is 20.1 Å². The molecule has 0 saturated heterocycles. The Hall–Kier alpha value is -2.60. The molecule has 6 nitrogen and oxygen atoms in total. The number of carbonyl (C=O) groups excluding carboxylic acids is 2. The Bertz CT molecular complexity index is 689. The van der Waals surface area contributed by atoms with E-state index in [9.17, 15) is 24.9 Å². The van der Waals surface area contributed by atoms with Gasteiger partial charge in [0, 0.05) is 18.9 Å². The monoisotopic (exact) mass is 332 g/mol. The van der Waals surface area contributed by atoms with Crippen molar-refractivity contribution in [1.29, 1.82) is 0 Å². The van der Waals surface area contributed by atoms with Crippen LogP contribution < -0.4 is 0 Å². The van der Waals surface area contributed by atoms with Gasteiger partial charge in [-0.25, -0.2) is 4.79 Å². The first-order chi connectivity index (χ1) is 11.4. The number of phenolic OH excluding ortho intramolecular Hbond substituents is 2. The van der Waals surface area contributed by atoms with Gasteiger partial charge in [0.1, 0.15) is 23.2 Å². The van der Waals surface area contributed by atoms with Crippen molar-refractivity contribution in [2.75, 3.05) is 0 Å². The summed E-state index contributed by atoms with van der Waals surface area (Å²) >= 11 is 0. The van der Waals surface area contributed by atoms with Gasteiger partial charge in [-0.3, -0.25) is 4.79 Å². The fraction of sp³-hybridized carbons (Fsp3) is 0.333. The Morgan fingerprint density at radius 3 is 2.62 bits per heavy atom. The number of benzene rings is 1. The van der Waals surface area contributed by atoms with E-state index >= 15 is 0 Å². The Labute approximate surface area is 139 Å². The molecule has 1 aliphatic rings. The highest BCUT2D eigenvalue weighted by molar-refractivity contribution is 5.98. The Balaban J connectivity index is 2.41. The summed E-state index contributed by atoms with van der Waals surface area (Å²) in [5.41, 5.74) is 0.0648. The first-order valence-electron chi connectivity index (χ1n) is 7.66. The predicted molar refractivity (Wildman–Crippen MR) is 86.9 cm³/mol. The lowest BCUT2D eigenvalue weighted by atomic mass is 10.00. The van der Waals surface area contributed by atoms with E-state index in [0.29, 0.717) is 6.42 Å². The smallest absolute Gasteiger partial charge is 0.342 e. The average molecular weight is 332 g/mol. The van der Waals surface area contributed by atoms with Gasteiger partial charge in [-0.1, -0.05) is 18.2 Å². The molecule has 2 rings (SSSR count). The average Bonchev–Trinajstić information content (AvgIpc) is 2.45. The zero-order valence-corrected chi connectivity index (χ0v) is 13.3. The summed E-state index contributed by atoms with van der Waals surface area (Å²) in [5, 5.41) is 29.3. The topological polar surface area (TPSA) is 104 Å². The molecule has 0 amide bonds. The van der Waals surface area contributed by atoms with Crippen molar-refractivity contribution in [3.63, 3.8) is 0 Å². The van der Waals surface area contributed by atoms with Crippen molar-refractivity contribution in [2.45, 2.75) is 38.4 Å². The van der Waals surface area contributed by atoms with Crippen molar-refractivity contribution >= 4 is 11.8 Å². The molecule has 1 aromatic carbocycles. The highest BCUT2D eigenvalue weighted by Crippen LogP contribution is 2.29. The maximum atomic E-state index is 12.3. The molecule has 0 fully saturated rings. The molecule has 2 atom stereocenters. The highest BCUT2D eigenvalue weighted by Gasteiger charge is 2.22. The van der Waals surface area contributed by atoms with Crippen LogP contribution in [0.2, 0.25) is 0 Å². The van der Waals surface area contributed by atoms with Crippen molar-refractivity contribution in [2.24, 2.45) is 0 Å². The molecular weight excluding hydrogens is 312 g/mol. The Morgan fingerprint density at radius 2 is 1.88 bits per heavy atom. The first kappa shape index (κ1) is 17.7. The lowest BCUT2D eigenvalue weighted by Crippen LogP contribution is -2.17. The number of rotatable bonds is 0. The zero-order valence-electron chi connectivity index (χ0n) is 13.3. The molecule has 128 valence electrons. The molecule has 0 radical (unpaired) electrons. The molecule has 0 spiro atoms. The number of hydrogen-bond donors (Lipinski definition) is 3. The van der Waals surface area contributed by atoms with E-state index < -0.39 is 23.9 Å². The zero-order chi connectivity index (χ0) is 17.7. The third kappa shape index (κ3) is 4.70. The standard InChI is InChI=1S/C18H20O6/c1-11-4-2-5-13(19)6-3-7-14(20)8-12-9-15(21)10-16(22)17(12)18(23)24-11/h2-3,5,7,9-11,13,19,21-22H,4,6,8H2,1H3. The second kappa shape index (κ2) is 7.79. The van der Waals surface area contributed by atoms with Gasteiger partial charge in [0.2, 0.25) is 0 Å². The van der Waals surface area contributed by atoms with Crippen LogP contribution in [0.25, 0.3) is 0 Å². The third-order valence-electron chi connectivity index (χ3n) is 3.57. The highest BCUT2D eigenvalue weighted by atomic mass is 16.5. The van der Waals surface area contributed by atoms with Gasteiger partial charge in [0.25, 0.3) is 0 Å². The molecule has 0 aliphatic carbocycles. The number of hydrogen-bond acceptors (Lipinski definition) is 6. The van der Waals surface area contributed by atoms with Crippen LogP contribution in [0.3, 0.4) is 0 Å². The van der Waals surface area contributed by atoms with Gasteiger partial charge in [0.15, 0.2) is 5.78 Å². The number of esters is 1. The lowest BCUT2D eigenvalue weighted by Gasteiger charge is -2.15. The van der Waals surface area contributed by atoms with E-state index in [1.54, 1.807) is 25.2 Å². The summed E-state index contributed by atoms with van der Waals surface area (Å²) in [6.07, 6.45) is 5.44. The molecule has 6 heteroatoms. The largest absolute Gasteiger partial charge is 0.508 e. The number of fused-ring (bicyclic) bond motifs is 1. The molecule has 2 unspecified atom stereocenters. The van der Waals surface area contributed by atoms with E-state index in [1.165, 1.54) is 12.1 Å². The van der Waals surface area contributed by atoms with Gasteiger partial charge in [0.05, 0.1) is 6.10 Å². The summed E-state index contributed by atoms with van der Waals surface area (Å²) < 4.78 is 5.27. The summed E-state index contributed by atoms with van der Waals surface area (Å²) in [6.45, 7) is 1.68. The number of aromatic hydroxyl groups is 2. The number of aliphatic hydroxyl groups excluding tert-OH is 1. The van der Waals surface area contributed by atoms with Gasteiger partial charge >= 0.3 is 5.97 Å². The maximum Gasteiger partial charge on any atom is 0.342 e. The number of allylic oxidation sites excluding steroid dienone is 1.